The normalized spacial score (nSPS) is 12.6. The summed E-state index contributed by atoms with van der Waals surface area (Å²) in [6.45, 7) is -4.66. The van der Waals surface area contributed by atoms with Crippen molar-refractivity contribution in [3.05, 3.63) is 59.9 Å². The Hall–Kier alpha value is -3.10. The van der Waals surface area contributed by atoms with E-state index in [1.54, 1.807) is 18.2 Å². The molecule has 0 amide bonds. The van der Waals surface area contributed by atoms with Gasteiger partial charge in [-0.1, -0.05) is 24.3 Å². The van der Waals surface area contributed by atoms with E-state index in [2.05, 4.69) is 9.72 Å². The largest absolute Gasteiger partial charge is 0.451 e. The van der Waals surface area contributed by atoms with Gasteiger partial charge in [0.25, 0.3) is 0 Å². The first kappa shape index (κ1) is 18.7. The lowest BCUT2D eigenvalue weighted by Crippen LogP contribution is -2.16. The Bertz CT molecular complexity index is 959. The lowest BCUT2D eigenvalue weighted by atomic mass is 10.2. The molecule has 3 aromatic rings. The van der Waals surface area contributed by atoms with Crippen LogP contribution < -0.4 is 4.74 Å². The Labute approximate surface area is 151 Å². The molecule has 5 nitrogen and oxygen atoms in total. The molecule has 9 heteroatoms. The Morgan fingerprint density at radius 2 is 1.70 bits per heavy atom. The second-order valence-corrected chi connectivity index (χ2v) is 5.53. The quantitative estimate of drug-likeness (QED) is 0.447. The molecule has 2 aromatic carbocycles. The van der Waals surface area contributed by atoms with Gasteiger partial charge < -0.3 is 9.47 Å². The van der Waals surface area contributed by atoms with Crippen LogP contribution in [0.15, 0.2) is 48.5 Å². The smallest absolute Gasteiger partial charge is 0.387 e. The van der Waals surface area contributed by atoms with Gasteiger partial charge >= 0.3 is 19.1 Å². The highest BCUT2D eigenvalue weighted by molar-refractivity contribution is 5.92. The van der Waals surface area contributed by atoms with Crippen LogP contribution in [0.2, 0.25) is 0 Å². The van der Waals surface area contributed by atoms with Crippen molar-refractivity contribution in [3.8, 4) is 5.75 Å². The molecule has 0 aliphatic carbocycles. The van der Waals surface area contributed by atoms with Gasteiger partial charge in [0, 0.05) is 0 Å². The van der Waals surface area contributed by atoms with Crippen molar-refractivity contribution >= 4 is 17.0 Å². The van der Waals surface area contributed by atoms with Crippen LogP contribution in [0.1, 0.15) is 35.8 Å². The van der Waals surface area contributed by atoms with E-state index in [0.29, 0.717) is 10.1 Å². The van der Waals surface area contributed by atoms with Gasteiger partial charge in [0.1, 0.15) is 11.3 Å². The van der Waals surface area contributed by atoms with Crippen molar-refractivity contribution < 1.29 is 31.8 Å². The summed E-state index contributed by atoms with van der Waals surface area (Å²) in [6, 6.07) is 11.5. The third-order valence-electron chi connectivity index (χ3n) is 3.79. The maximum absolute atomic E-state index is 13.5. The molecule has 0 aliphatic rings. The van der Waals surface area contributed by atoms with Crippen LogP contribution in [0.3, 0.4) is 0 Å². The molecule has 0 saturated heterocycles. The highest BCUT2D eigenvalue weighted by Crippen LogP contribution is 2.29. The molecule has 1 unspecified atom stereocenters. The number of alkyl halides is 4. The third-order valence-corrected chi connectivity index (χ3v) is 3.79. The number of ether oxygens (including phenoxy) is 2. The van der Waals surface area contributed by atoms with Gasteiger partial charge in [-0.25, -0.2) is 9.78 Å². The van der Waals surface area contributed by atoms with E-state index in [0.717, 1.165) is 0 Å². The number of hydrogen-bond donors (Lipinski definition) is 0. The van der Waals surface area contributed by atoms with Crippen LogP contribution in [0, 0.1) is 0 Å². The second-order valence-electron chi connectivity index (χ2n) is 5.53. The zero-order valence-electron chi connectivity index (χ0n) is 14.0. The molecule has 0 aliphatic heterocycles. The molecule has 1 heterocycles. The Morgan fingerprint density at radius 1 is 1.04 bits per heavy atom. The van der Waals surface area contributed by atoms with Gasteiger partial charge in [0.2, 0.25) is 0 Å². The molecule has 1 aromatic heterocycles. The monoisotopic (exact) mass is 382 g/mol. The number of hydrogen-bond acceptors (Lipinski definition) is 4. The van der Waals surface area contributed by atoms with Crippen molar-refractivity contribution in [2.45, 2.75) is 26.2 Å². The van der Waals surface area contributed by atoms with E-state index in [1.807, 2.05) is 0 Å². The van der Waals surface area contributed by atoms with E-state index in [4.69, 9.17) is 4.74 Å². The van der Waals surface area contributed by atoms with Gasteiger partial charge in [-0.15, -0.1) is 0 Å². The summed E-state index contributed by atoms with van der Waals surface area (Å²) in [6.07, 6.45) is -1.15. The third kappa shape index (κ3) is 3.86. The number of aromatic nitrogens is 2. The van der Waals surface area contributed by atoms with Crippen molar-refractivity contribution in [1.82, 2.24) is 9.55 Å². The standard InChI is InChI=1S/C18H14F4N2O3/c1-10(15-23-12-7-3-4-8-13(12)24(15)17(19)20)26-16(25)11-6-2-5-9-14(11)27-18(21)22/h2-10,17-18H,1H3. The number of halogens is 4. The van der Waals surface area contributed by atoms with E-state index >= 15 is 0 Å². The van der Waals surface area contributed by atoms with Crippen molar-refractivity contribution in [1.29, 1.82) is 0 Å². The van der Waals surface area contributed by atoms with Crippen LogP contribution in [0.4, 0.5) is 17.6 Å². The minimum atomic E-state index is -3.13. The molecular weight excluding hydrogens is 368 g/mol. The molecule has 0 radical (unpaired) electrons. The molecule has 142 valence electrons. The van der Waals surface area contributed by atoms with E-state index in [9.17, 15) is 22.4 Å². The van der Waals surface area contributed by atoms with Gasteiger partial charge in [-0.2, -0.15) is 17.6 Å². The summed E-state index contributed by atoms with van der Waals surface area (Å²) in [5, 5.41) is 0. The van der Waals surface area contributed by atoms with Gasteiger partial charge in [-0.3, -0.25) is 4.57 Å². The number of esters is 1. The zero-order chi connectivity index (χ0) is 19.6. The molecule has 0 saturated carbocycles. The van der Waals surface area contributed by atoms with E-state index in [1.165, 1.54) is 37.3 Å². The predicted octanol–water partition coefficient (Wildman–Crippen LogP) is 4.95. The van der Waals surface area contributed by atoms with Crippen molar-refractivity contribution in [2.24, 2.45) is 0 Å². The van der Waals surface area contributed by atoms with Crippen LogP contribution >= 0.6 is 0 Å². The number of imidazole rings is 1. The predicted molar refractivity (Wildman–Crippen MR) is 87.9 cm³/mol. The fraction of sp³-hybridized carbons (Fsp3) is 0.222. The first-order valence-electron chi connectivity index (χ1n) is 7.88. The number of carbonyl (C=O) groups is 1. The van der Waals surface area contributed by atoms with Crippen LogP contribution in [-0.2, 0) is 4.74 Å². The number of rotatable bonds is 6. The first-order chi connectivity index (χ1) is 12.9. The molecule has 3 rings (SSSR count). The average molecular weight is 382 g/mol. The highest BCUT2D eigenvalue weighted by atomic mass is 19.3. The summed E-state index contributed by atoms with van der Waals surface area (Å²) >= 11 is 0. The first-order valence-corrected chi connectivity index (χ1v) is 7.88. The zero-order valence-corrected chi connectivity index (χ0v) is 14.0. The lowest BCUT2D eigenvalue weighted by Gasteiger charge is -2.16. The Morgan fingerprint density at radius 3 is 2.41 bits per heavy atom. The minimum absolute atomic E-state index is 0.160. The molecule has 0 fully saturated rings. The maximum Gasteiger partial charge on any atom is 0.387 e. The van der Waals surface area contributed by atoms with Crippen molar-refractivity contribution in [3.63, 3.8) is 0 Å². The number of para-hydroxylation sites is 3. The van der Waals surface area contributed by atoms with Crippen LogP contribution in [-0.4, -0.2) is 22.1 Å². The second kappa shape index (κ2) is 7.65. The Kier molecular flexibility index (Phi) is 5.29. The SMILES string of the molecule is CC(OC(=O)c1ccccc1OC(F)F)c1nc2ccccc2n1C(F)F. The van der Waals surface area contributed by atoms with Crippen LogP contribution in [0.25, 0.3) is 11.0 Å². The highest BCUT2D eigenvalue weighted by Gasteiger charge is 2.26. The van der Waals surface area contributed by atoms with Crippen molar-refractivity contribution in [2.75, 3.05) is 0 Å². The number of benzene rings is 2. The lowest BCUT2D eigenvalue weighted by molar-refractivity contribution is -0.0506. The Balaban J connectivity index is 1.90. The number of carbonyl (C=O) groups excluding carboxylic acids is 1. The topological polar surface area (TPSA) is 53.4 Å². The minimum Gasteiger partial charge on any atom is -0.451 e. The maximum atomic E-state index is 13.5. The summed E-state index contributed by atoms with van der Waals surface area (Å²) < 4.78 is 62.1. The van der Waals surface area contributed by atoms with Gasteiger partial charge in [0.15, 0.2) is 11.9 Å². The summed E-state index contributed by atoms with van der Waals surface area (Å²) in [7, 11) is 0. The fourth-order valence-electron chi connectivity index (χ4n) is 2.67. The van der Waals surface area contributed by atoms with Gasteiger partial charge in [0.05, 0.1) is 11.0 Å². The molecule has 0 spiro atoms. The molecular formula is C18H14F4N2O3. The summed E-state index contributed by atoms with van der Waals surface area (Å²) in [5.41, 5.74) is 0.258. The number of fused-ring (bicyclic) bond motifs is 1. The van der Waals surface area contributed by atoms with E-state index in [-0.39, 0.29) is 22.7 Å². The average Bonchev–Trinajstić information content (AvgIpc) is 3.01. The molecule has 27 heavy (non-hydrogen) atoms. The van der Waals surface area contributed by atoms with E-state index < -0.39 is 25.2 Å². The summed E-state index contributed by atoms with van der Waals surface area (Å²) in [5.74, 6) is -1.52. The fourth-order valence-corrected chi connectivity index (χ4v) is 2.67. The van der Waals surface area contributed by atoms with Gasteiger partial charge in [-0.05, 0) is 31.2 Å². The van der Waals surface area contributed by atoms with Crippen LogP contribution in [0.5, 0.6) is 5.75 Å². The number of nitrogens with zero attached hydrogens (tertiary/aromatic N) is 2. The molecule has 0 N–H and O–H groups in total. The molecule has 1 atom stereocenters. The molecule has 0 bridgehead atoms. The summed E-state index contributed by atoms with van der Waals surface area (Å²) in [4.78, 5) is 16.5.